The smallest absolute Gasteiger partial charge is 0.335 e. The number of hydrogen-bond acceptors (Lipinski definition) is 9. The van der Waals surface area contributed by atoms with Gasteiger partial charge in [0.05, 0.1) is 36.6 Å². The van der Waals surface area contributed by atoms with Crippen LogP contribution in [0.3, 0.4) is 0 Å². The van der Waals surface area contributed by atoms with Crippen LogP contribution in [0.1, 0.15) is 28.4 Å². The van der Waals surface area contributed by atoms with Crippen LogP contribution in [0, 0.1) is 11.3 Å². The topological polar surface area (TPSA) is 131 Å². The predicted octanol–water partition coefficient (Wildman–Crippen LogP) is 5.55. The highest BCUT2D eigenvalue weighted by Crippen LogP contribution is 2.35. The fourth-order valence-corrected chi connectivity index (χ4v) is 4.74. The lowest BCUT2D eigenvalue weighted by molar-refractivity contribution is 0.0696. The van der Waals surface area contributed by atoms with E-state index < -0.39 is 5.97 Å². The van der Waals surface area contributed by atoms with Gasteiger partial charge < -0.3 is 28.6 Å². The van der Waals surface area contributed by atoms with Crippen LogP contribution < -0.4 is 14.4 Å². The molecule has 2 aromatic carbocycles. The molecule has 40 heavy (non-hydrogen) atoms. The number of hydrogen-bond donors (Lipinski definition) is 1. The summed E-state index contributed by atoms with van der Waals surface area (Å²) in [6, 6.07) is 16.5. The lowest BCUT2D eigenvalue weighted by Crippen LogP contribution is -2.36. The van der Waals surface area contributed by atoms with Gasteiger partial charge >= 0.3 is 11.9 Å². The van der Waals surface area contributed by atoms with Gasteiger partial charge in [0, 0.05) is 34.4 Å². The number of oxazole rings is 1. The number of anilines is 1. The summed E-state index contributed by atoms with van der Waals surface area (Å²) in [4.78, 5) is 22.6. The number of nitriles is 1. The molecule has 0 radical (unpaired) electrons. The number of benzene rings is 2. The van der Waals surface area contributed by atoms with Crippen LogP contribution in [0.4, 0.5) is 5.69 Å². The van der Waals surface area contributed by atoms with E-state index in [1.165, 1.54) is 18.3 Å². The first kappa shape index (κ1) is 27.2. The second kappa shape index (κ2) is 12.2. The summed E-state index contributed by atoms with van der Waals surface area (Å²) in [7, 11) is 0. The van der Waals surface area contributed by atoms with E-state index in [-0.39, 0.29) is 35.5 Å². The third-order valence-electron chi connectivity index (χ3n) is 6.30. The van der Waals surface area contributed by atoms with Gasteiger partial charge in [-0.2, -0.15) is 5.26 Å². The Morgan fingerprint density at radius 3 is 2.60 bits per heavy atom. The van der Waals surface area contributed by atoms with E-state index >= 15 is 0 Å². The number of carboxylic acids is 1. The van der Waals surface area contributed by atoms with Gasteiger partial charge in [0.15, 0.2) is 0 Å². The third-order valence-corrected chi connectivity index (χ3v) is 7.04. The number of ether oxygens (including phenoxy) is 3. The largest absolute Gasteiger partial charge is 0.478 e. The summed E-state index contributed by atoms with van der Waals surface area (Å²) in [5.41, 5.74) is 3.85. The Hall–Kier alpha value is -4.40. The normalized spacial score (nSPS) is 13.1. The summed E-state index contributed by atoms with van der Waals surface area (Å²) in [5, 5.41) is 19.4. The van der Waals surface area contributed by atoms with Gasteiger partial charge in [0.2, 0.25) is 11.8 Å². The Labute approximate surface area is 238 Å². The molecule has 1 aliphatic rings. The predicted molar refractivity (Wildman–Crippen MR) is 150 cm³/mol. The van der Waals surface area contributed by atoms with Gasteiger partial charge in [-0.05, 0) is 37.3 Å². The van der Waals surface area contributed by atoms with E-state index in [1.807, 2.05) is 31.2 Å². The third kappa shape index (κ3) is 5.93. The molecule has 0 spiro atoms. The molecule has 5 rings (SSSR count). The van der Waals surface area contributed by atoms with Gasteiger partial charge in [-0.15, -0.1) is 0 Å². The van der Waals surface area contributed by atoms with Crippen molar-refractivity contribution in [3.63, 3.8) is 0 Å². The molecule has 1 saturated heterocycles. The molecule has 3 heterocycles. The Balaban J connectivity index is 1.52. The van der Waals surface area contributed by atoms with Crippen LogP contribution in [-0.2, 0) is 11.3 Å². The van der Waals surface area contributed by atoms with Crippen molar-refractivity contribution in [1.29, 1.82) is 5.26 Å². The Morgan fingerprint density at radius 2 is 1.93 bits per heavy atom. The second-order valence-corrected chi connectivity index (χ2v) is 9.67. The van der Waals surface area contributed by atoms with Crippen molar-refractivity contribution in [2.45, 2.75) is 13.5 Å². The zero-order valence-corrected chi connectivity index (χ0v) is 23.2. The number of carboxylic acid groups (broad SMARTS) is 1. The molecule has 204 valence electrons. The van der Waals surface area contributed by atoms with Crippen LogP contribution in [-0.4, -0.2) is 54.0 Å². The minimum absolute atomic E-state index is 0.0385. The van der Waals surface area contributed by atoms with Crippen molar-refractivity contribution in [3.05, 3.63) is 75.9 Å². The molecule has 0 saturated carbocycles. The molecule has 4 aromatic rings. The fourth-order valence-electron chi connectivity index (χ4n) is 4.25. The molecule has 1 fully saturated rings. The van der Waals surface area contributed by atoms with Crippen molar-refractivity contribution >= 4 is 27.6 Å². The average molecular weight is 605 g/mol. The van der Waals surface area contributed by atoms with E-state index in [0.29, 0.717) is 41.1 Å². The lowest BCUT2D eigenvalue weighted by atomic mass is 10.0. The highest BCUT2D eigenvalue weighted by molar-refractivity contribution is 9.10. The highest BCUT2D eigenvalue weighted by Gasteiger charge is 2.21. The van der Waals surface area contributed by atoms with Crippen molar-refractivity contribution in [2.75, 3.05) is 37.8 Å². The van der Waals surface area contributed by atoms with Gasteiger partial charge in [-0.25, -0.2) is 14.8 Å². The number of rotatable bonds is 9. The standard InChI is InChI=1S/C29H25BrN4O6/c1-2-38-26-16-32-27(40-26)22-14-25(18-5-7-21(8-6-18)34-9-11-37-12-10-34)33-28(23(22)15-31)39-17-20-4-3-19(29(35)36)13-24(20)30/h3-8,13-14,16H,2,9-12,17H2,1H3,(H,35,36). The number of carbonyl (C=O) groups is 1. The van der Waals surface area contributed by atoms with Gasteiger partial charge in [0.1, 0.15) is 24.4 Å². The molecule has 0 unspecified atom stereocenters. The average Bonchev–Trinajstić information content (AvgIpc) is 3.45. The quantitative estimate of drug-likeness (QED) is 0.259. The molecular weight excluding hydrogens is 580 g/mol. The van der Waals surface area contributed by atoms with Gasteiger partial charge in [-0.1, -0.05) is 34.1 Å². The highest BCUT2D eigenvalue weighted by atomic mass is 79.9. The maximum Gasteiger partial charge on any atom is 0.335 e. The summed E-state index contributed by atoms with van der Waals surface area (Å²) in [6.45, 7) is 5.31. The Morgan fingerprint density at radius 1 is 1.15 bits per heavy atom. The summed E-state index contributed by atoms with van der Waals surface area (Å²) in [6.07, 6.45) is 1.46. The first-order valence-corrected chi connectivity index (χ1v) is 13.4. The zero-order valence-electron chi connectivity index (χ0n) is 21.6. The number of halogens is 1. The summed E-state index contributed by atoms with van der Waals surface area (Å²) < 4.78 is 23.3. The number of pyridine rings is 1. The Kier molecular flexibility index (Phi) is 8.28. The van der Waals surface area contributed by atoms with Gasteiger partial charge in [0.25, 0.3) is 0 Å². The molecule has 2 aromatic heterocycles. The molecule has 10 nitrogen and oxygen atoms in total. The molecular formula is C29H25BrN4O6. The van der Waals surface area contributed by atoms with E-state index in [0.717, 1.165) is 24.3 Å². The minimum atomic E-state index is -1.03. The Bertz CT molecular complexity index is 1560. The lowest BCUT2D eigenvalue weighted by Gasteiger charge is -2.28. The molecule has 0 amide bonds. The van der Waals surface area contributed by atoms with E-state index in [4.69, 9.17) is 18.6 Å². The zero-order chi connectivity index (χ0) is 28.1. The number of aromatic nitrogens is 2. The van der Waals surface area contributed by atoms with E-state index in [9.17, 15) is 15.2 Å². The molecule has 1 aliphatic heterocycles. The number of morpholine rings is 1. The van der Waals surface area contributed by atoms with E-state index in [1.54, 1.807) is 12.1 Å². The monoisotopic (exact) mass is 604 g/mol. The number of aromatic carboxylic acids is 1. The van der Waals surface area contributed by atoms with Crippen LogP contribution in [0.5, 0.6) is 11.8 Å². The van der Waals surface area contributed by atoms with Crippen LogP contribution in [0.25, 0.3) is 22.7 Å². The van der Waals surface area contributed by atoms with E-state index in [2.05, 4.69) is 36.9 Å². The van der Waals surface area contributed by atoms with Crippen LogP contribution >= 0.6 is 15.9 Å². The molecule has 0 bridgehead atoms. The molecule has 0 aliphatic carbocycles. The van der Waals surface area contributed by atoms with Crippen LogP contribution in [0.2, 0.25) is 0 Å². The minimum Gasteiger partial charge on any atom is -0.478 e. The van der Waals surface area contributed by atoms with Crippen LogP contribution in [0.15, 0.2) is 63.6 Å². The molecule has 11 heteroatoms. The molecule has 1 N–H and O–H groups in total. The second-order valence-electron chi connectivity index (χ2n) is 8.81. The first-order valence-electron chi connectivity index (χ1n) is 12.6. The summed E-state index contributed by atoms with van der Waals surface area (Å²) >= 11 is 3.40. The first-order chi connectivity index (χ1) is 19.5. The number of nitrogens with zero attached hydrogens (tertiary/aromatic N) is 4. The maximum absolute atomic E-state index is 11.3. The van der Waals surface area contributed by atoms with Crippen molar-refractivity contribution in [2.24, 2.45) is 0 Å². The summed E-state index contributed by atoms with van der Waals surface area (Å²) in [5.74, 6) is -0.501. The van der Waals surface area contributed by atoms with Gasteiger partial charge in [-0.3, -0.25) is 0 Å². The fraction of sp³-hybridized carbons (Fsp3) is 0.241. The van der Waals surface area contributed by atoms with Crippen molar-refractivity contribution < 1.29 is 28.5 Å². The maximum atomic E-state index is 11.3. The van der Waals surface area contributed by atoms with Crippen molar-refractivity contribution in [3.8, 4) is 40.6 Å². The van der Waals surface area contributed by atoms with Crippen molar-refractivity contribution in [1.82, 2.24) is 9.97 Å². The SMILES string of the molecule is CCOc1cnc(-c2cc(-c3ccc(N4CCOCC4)cc3)nc(OCc3ccc(C(=O)O)cc3Br)c2C#N)o1. The molecule has 0 atom stereocenters.